The van der Waals surface area contributed by atoms with Crippen LogP contribution >= 0.6 is 22.6 Å². The smallest absolute Gasteiger partial charge is 0.201 e. The molecule has 0 unspecified atom stereocenters. The summed E-state index contributed by atoms with van der Waals surface area (Å²) >= 11 is 1.95. The van der Waals surface area contributed by atoms with Crippen LogP contribution in [0.15, 0.2) is 24.5 Å². The number of rotatable bonds is 3. The third-order valence-electron chi connectivity index (χ3n) is 3.30. The Morgan fingerprint density at radius 2 is 2.20 bits per heavy atom. The molecule has 0 atom stereocenters. The number of anilines is 1. The molecule has 5 nitrogen and oxygen atoms in total. The topological polar surface area (TPSA) is 61.7 Å². The van der Waals surface area contributed by atoms with E-state index in [9.17, 15) is 4.39 Å². The van der Waals surface area contributed by atoms with E-state index in [2.05, 4.69) is 9.97 Å². The summed E-state index contributed by atoms with van der Waals surface area (Å²) in [5.74, 6) is 1.10. The van der Waals surface area contributed by atoms with Gasteiger partial charge in [0.15, 0.2) is 0 Å². The molecule has 2 aromatic heterocycles. The lowest BCUT2D eigenvalue weighted by molar-refractivity contribution is 0.619. The second-order valence-electron chi connectivity index (χ2n) is 4.58. The number of nitrogens with two attached hydrogens (primary N) is 1. The van der Waals surface area contributed by atoms with Crippen LogP contribution in [0.2, 0.25) is 0 Å². The molecule has 0 aliphatic carbocycles. The highest BCUT2D eigenvalue weighted by molar-refractivity contribution is 14.1. The molecular weight excluding hydrogens is 372 g/mol. The molecule has 20 heavy (non-hydrogen) atoms. The van der Waals surface area contributed by atoms with Gasteiger partial charge in [-0.3, -0.25) is 0 Å². The standard InChI is InChI=1S/C13H13FIN5/c1-19-5-3-17-12(19)2-4-20-11-6-8(14)9(15)7-10(11)18-13(20)16/h3,5-7H,2,4H2,1H3,(H2,16,18). The molecule has 0 amide bonds. The zero-order valence-electron chi connectivity index (χ0n) is 10.8. The summed E-state index contributed by atoms with van der Waals surface area (Å²) in [4.78, 5) is 8.55. The van der Waals surface area contributed by atoms with Gasteiger partial charge in [0, 0.05) is 38.5 Å². The summed E-state index contributed by atoms with van der Waals surface area (Å²) < 4.78 is 18.0. The van der Waals surface area contributed by atoms with E-state index in [4.69, 9.17) is 5.73 Å². The van der Waals surface area contributed by atoms with E-state index in [1.54, 1.807) is 12.3 Å². The lowest BCUT2D eigenvalue weighted by Crippen LogP contribution is -2.08. The maximum Gasteiger partial charge on any atom is 0.201 e. The quantitative estimate of drug-likeness (QED) is 0.705. The van der Waals surface area contributed by atoms with E-state index >= 15 is 0 Å². The average molecular weight is 385 g/mol. The van der Waals surface area contributed by atoms with E-state index in [0.717, 1.165) is 11.3 Å². The van der Waals surface area contributed by atoms with Crippen molar-refractivity contribution in [3.8, 4) is 0 Å². The monoisotopic (exact) mass is 385 g/mol. The first kappa shape index (κ1) is 13.3. The van der Waals surface area contributed by atoms with Gasteiger partial charge >= 0.3 is 0 Å². The number of nitrogen functional groups attached to an aromatic ring is 1. The van der Waals surface area contributed by atoms with Gasteiger partial charge in [-0.15, -0.1) is 0 Å². The SMILES string of the molecule is Cn1ccnc1CCn1c(N)nc2cc(I)c(F)cc21. The molecule has 0 aliphatic heterocycles. The number of aromatic nitrogens is 4. The van der Waals surface area contributed by atoms with E-state index < -0.39 is 0 Å². The zero-order chi connectivity index (χ0) is 14.3. The molecule has 2 N–H and O–H groups in total. The second-order valence-corrected chi connectivity index (χ2v) is 5.74. The maximum absolute atomic E-state index is 13.7. The number of benzene rings is 1. The number of imidazole rings is 2. The largest absolute Gasteiger partial charge is 0.369 e. The summed E-state index contributed by atoms with van der Waals surface area (Å²) in [7, 11) is 1.94. The van der Waals surface area contributed by atoms with E-state index in [1.807, 2.05) is 45.0 Å². The van der Waals surface area contributed by atoms with Crippen LogP contribution in [-0.4, -0.2) is 19.1 Å². The van der Waals surface area contributed by atoms with Gasteiger partial charge in [-0.2, -0.15) is 0 Å². The number of fused-ring (bicyclic) bond motifs is 1. The van der Waals surface area contributed by atoms with Crippen molar-refractivity contribution in [2.45, 2.75) is 13.0 Å². The Bertz CT molecular complexity index is 777. The van der Waals surface area contributed by atoms with Crippen LogP contribution in [0, 0.1) is 9.39 Å². The van der Waals surface area contributed by atoms with Crippen molar-refractivity contribution >= 4 is 39.6 Å². The molecule has 0 aliphatic rings. The van der Waals surface area contributed by atoms with Gasteiger partial charge in [-0.05, 0) is 28.7 Å². The first-order valence-corrected chi connectivity index (χ1v) is 7.21. The zero-order valence-corrected chi connectivity index (χ0v) is 13.0. The summed E-state index contributed by atoms with van der Waals surface area (Å²) in [5.41, 5.74) is 7.36. The first-order valence-electron chi connectivity index (χ1n) is 6.13. The Labute approximate surface area is 128 Å². The van der Waals surface area contributed by atoms with Gasteiger partial charge in [0.05, 0.1) is 14.6 Å². The molecule has 2 heterocycles. The van der Waals surface area contributed by atoms with Crippen LogP contribution in [0.1, 0.15) is 5.82 Å². The molecule has 0 fully saturated rings. The molecule has 0 bridgehead atoms. The van der Waals surface area contributed by atoms with E-state index in [1.165, 1.54) is 6.07 Å². The fourth-order valence-corrected chi connectivity index (χ4v) is 2.67. The van der Waals surface area contributed by atoms with Crippen LogP contribution in [0.25, 0.3) is 11.0 Å². The fourth-order valence-electron chi connectivity index (χ4n) is 2.22. The van der Waals surface area contributed by atoms with Crippen LogP contribution < -0.4 is 5.73 Å². The number of nitrogens with zero attached hydrogens (tertiary/aromatic N) is 4. The van der Waals surface area contributed by atoms with Gasteiger partial charge < -0.3 is 14.9 Å². The van der Waals surface area contributed by atoms with Crippen molar-refractivity contribution in [2.24, 2.45) is 7.05 Å². The number of hydrogen-bond donors (Lipinski definition) is 1. The highest BCUT2D eigenvalue weighted by Crippen LogP contribution is 2.23. The van der Waals surface area contributed by atoms with Crippen molar-refractivity contribution in [3.63, 3.8) is 0 Å². The molecule has 1 aromatic carbocycles. The van der Waals surface area contributed by atoms with Gasteiger partial charge in [0.1, 0.15) is 11.6 Å². The Morgan fingerprint density at radius 1 is 1.40 bits per heavy atom. The minimum atomic E-state index is -0.253. The van der Waals surface area contributed by atoms with Gasteiger partial charge in [0.2, 0.25) is 5.95 Å². The van der Waals surface area contributed by atoms with Gasteiger partial charge in [-0.25, -0.2) is 14.4 Å². The average Bonchev–Trinajstić information content (AvgIpc) is 2.92. The summed E-state index contributed by atoms with van der Waals surface area (Å²) in [6, 6.07) is 3.19. The Morgan fingerprint density at radius 3 is 2.90 bits per heavy atom. The highest BCUT2D eigenvalue weighted by Gasteiger charge is 2.12. The Balaban J connectivity index is 1.97. The normalized spacial score (nSPS) is 11.3. The lowest BCUT2D eigenvalue weighted by atomic mass is 10.3. The van der Waals surface area contributed by atoms with Crippen molar-refractivity contribution in [2.75, 3.05) is 5.73 Å². The minimum Gasteiger partial charge on any atom is -0.369 e. The molecule has 3 rings (SSSR count). The molecule has 0 radical (unpaired) electrons. The van der Waals surface area contributed by atoms with Crippen LogP contribution in [0.5, 0.6) is 0 Å². The molecule has 7 heteroatoms. The third kappa shape index (κ3) is 2.26. The first-order chi connectivity index (χ1) is 9.56. The predicted octanol–water partition coefficient (Wildman–Crippen LogP) is 2.34. The third-order valence-corrected chi connectivity index (χ3v) is 4.13. The number of hydrogen-bond acceptors (Lipinski definition) is 3. The Hall–Kier alpha value is -1.64. The van der Waals surface area contributed by atoms with E-state index in [0.29, 0.717) is 28.0 Å². The molecule has 3 aromatic rings. The van der Waals surface area contributed by atoms with Crippen molar-refractivity contribution in [1.29, 1.82) is 0 Å². The van der Waals surface area contributed by atoms with Crippen molar-refractivity contribution < 1.29 is 4.39 Å². The molecule has 0 saturated heterocycles. The molecule has 0 spiro atoms. The van der Waals surface area contributed by atoms with E-state index in [-0.39, 0.29) is 5.82 Å². The van der Waals surface area contributed by atoms with Crippen molar-refractivity contribution in [3.05, 3.63) is 39.7 Å². The van der Waals surface area contributed by atoms with Crippen LogP contribution in [0.4, 0.5) is 10.3 Å². The molecule has 104 valence electrons. The number of aryl methyl sites for hydroxylation is 3. The summed E-state index contributed by atoms with van der Waals surface area (Å²) in [6.45, 7) is 0.618. The van der Waals surface area contributed by atoms with Gasteiger partial charge in [0.25, 0.3) is 0 Å². The van der Waals surface area contributed by atoms with Crippen LogP contribution in [0.3, 0.4) is 0 Å². The molecular formula is C13H13FIN5. The predicted molar refractivity (Wildman–Crippen MR) is 83.7 cm³/mol. The minimum absolute atomic E-state index is 0.253. The van der Waals surface area contributed by atoms with Gasteiger partial charge in [-0.1, -0.05) is 0 Å². The van der Waals surface area contributed by atoms with Crippen molar-refractivity contribution in [1.82, 2.24) is 19.1 Å². The summed E-state index contributed by atoms with van der Waals surface area (Å²) in [6.07, 6.45) is 4.37. The summed E-state index contributed by atoms with van der Waals surface area (Å²) in [5, 5.41) is 0. The highest BCUT2D eigenvalue weighted by atomic mass is 127. The number of halogens is 2. The lowest BCUT2D eigenvalue weighted by Gasteiger charge is -2.07. The maximum atomic E-state index is 13.7. The van der Waals surface area contributed by atoms with Crippen LogP contribution in [-0.2, 0) is 20.0 Å². The Kier molecular flexibility index (Phi) is 3.36. The second kappa shape index (κ2) is 5.04. The molecule has 0 saturated carbocycles. The fraction of sp³-hybridized carbons (Fsp3) is 0.231.